The maximum Gasteiger partial charge on any atom is 0.333 e. The molecule has 0 saturated carbocycles. The Morgan fingerprint density at radius 1 is 1.15 bits per heavy atom. The van der Waals surface area contributed by atoms with Crippen LogP contribution in [0.3, 0.4) is 0 Å². The van der Waals surface area contributed by atoms with Gasteiger partial charge in [0.1, 0.15) is 0 Å². The fourth-order valence-corrected chi connectivity index (χ4v) is 4.53. The molecule has 3 rings (SSSR count). The Morgan fingerprint density at radius 3 is 2.30 bits per heavy atom. The topological polar surface area (TPSA) is 78.5 Å². The molecule has 148 valence electrons. The van der Waals surface area contributed by atoms with Crippen molar-refractivity contribution in [3.8, 4) is 0 Å². The van der Waals surface area contributed by atoms with Crippen molar-refractivity contribution in [2.45, 2.75) is 58.4 Å². The van der Waals surface area contributed by atoms with Crippen LogP contribution in [-0.2, 0) is 35.7 Å². The molecule has 1 aromatic rings. The number of amides is 2. The quantitative estimate of drug-likeness (QED) is 0.781. The highest BCUT2D eigenvalue weighted by atomic mass is 32.2. The van der Waals surface area contributed by atoms with Crippen molar-refractivity contribution in [3.63, 3.8) is 0 Å². The molecule has 0 unspecified atom stereocenters. The van der Waals surface area contributed by atoms with Crippen LogP contribution in [0.25, 0.3) is 0 Å². The van der Waals surface area contributed by atoms with E-state index < -0.39 is 16.1 Å². The van der Waals surface area contributed by atoms with Gasteiger partial charge < -0.3 is 10.2 Å². The summed E-state index contributed by atoms with van der Waals surface area (Å²) in [5.74, 6) is 0. The SMILES string of the molecule is CC(C)N(C)C/C=C/S(=O)(=O)NC(=O)Nc1c2c(cc3c1CCC3)CCC2. The van der Waals surface area contributed by atoms with E-state index in [-0.39, 0.29) is 0 Å². The molecular formula is C20H29N3O3S. The zero-order chi connectivity index (χ0) is 19.6. The minimum atomic E-state index is -3.82. The van der Waals surface area contributed by atoms with Gasteiger partial charge in [-0.1, -0.05) is 12.1 Å². The van der Waals surface area contributed by atoms with Gasteiger partial charge in [-0.05, 0) is 81.7 Å². The number of carbonyl (C=O) groups excluding carboxylic acids is 1. The number of hydrogen-bond acceptors (Lipinski definition) is 4. The molecule has 6 nitrogen and oxygen atoms in total. The average Bonchev–Trinajstić information content (AvgIpc) is 3.22. The summed E-state index contributed by atoms with van der Waals surface area (Å²) in [4.78, 5) is 14.4. The van der Waals surface area contributed by atoms with E-state index in [1.54, 1.807) is 6.08 Å². The van der Waals surface area contributed by atoms with E-state index in [9.17, 15) is 13.2 Å². The van der Waals surface area contributed by atoms with Gasteiger partial charge in [-0.25, -0.2) is 17.9 Å². The number of carbonyl (C=O) groups is 1. The summed E-state index contributed by atoms with van der Waals surface area (Å²) in [6.07, 6.45) is 7.65. The molecule has 2 aliphatic carbocycles. The van der Waals surface area contributed by atoms with Crippen LogP contribution in [0, 0.1) is 0 Å². The summed E-state index contributed by atoms with van der Waals surface area (Å²) in [6, 6.07) is 1.90. The summed E-state index contributed by atoms with van der Waals surface area (Å²) in [5, 5.41) is 3.90. The van der Waals surface area contributed by atoms with Gasteiger partial charge >= 0.3 is 6.03 Å². The largest absolute Gasteiger partial charge is 0.333 e. The molecule has 2 amide bonds. The van der Waals surface area contributed by atoms with E-state index in [0.29, 0.717) is 12.6 Å². The van der Waals surface area contributed by atoms with Gasteiger partial charge in [0, 0.05) is 23.7 Å². The number of fused-ring (bicyclic) bond motifs is 2. The lowest BCUT2D eigenvalue weighted by molar-refractivity contribution is 0.256. The van der Waals surface area contributed by atoms with E-state index in [0.717, 1.165) is 49.6 Å². The molecule has 0 aromatic heterocycles. The number of aryl methyl sites for hydroxylation is 2. The van der Waals surface area contributed by atoms with E-state index in [1.807, 2.05) is 25.8 Å². The second kappa shape index (κ2) is 8.02. The highest BCUT2D eigenvalue weighted by Gasteiger charge is 2.25. The van der Waals surface area contributed by atoms with E-state index in [2.05, 4.69) is 16.1 Å². The van der Waals surface area contributed by atoms with Crippen molar-refractivity contribution < 1.29 is 13.2 Å². The minimum Gasteiger partial charge on any atom is -0.307 e. The number of urea groups is 1. The highest BCUT2D eigenvalue weighted by Crippen LogP contribution is 2.38. The molecule has 27 heavy (non-hydrogen) atoms. The molecule has 0 spiro atoms. The molecule has 0 fully saturated rings. The molecule has 0 aliphatic heterocycles. The third-order valence-corrected chi connectivity index (χ3v) is 6.52. The molecule has 2 aliphatic rings. The summed E-state index contributed by atoms with van der Waals surface area (Å²) in [5.41, 5.74) is 5.79. The van der Waals surface area contributed by atoms with Crippen molar-refractivity contribution in [2.24, 2.45) is 0 Å². The molecule has 0 radical (unpaired) electrons. The first kappa shape index (κ1) is 19.9. The summed E-state index contributed by atoms with van der Waals surface area (Å²) < 4.78 is 26.5. The summed E-state index contributed by atoms with van der Waals surface area (Å²) in [7, 11) is -1.90. The molecule has 0 heterocycles. The van der Waals surface area contributed by atoms with Crippen molar-refractivity contribution in [3.05, 3.63) is 39.8 Å². The van der Waals surface area contributed by atoms with Gasteiger partial charge in [-0.15, -0.1) is 0 Å². The lowest BCUT2D eigenvalue weighted by Crippen LogP contribution is -2.34. The van der Waals surface area contributed by atoms with Crippen molar-refractivity contribution in [2.75, 3.05) is 18.9 Å². The van der Waals surface area contributed by atoms with Gasteiger partial charge in [-0.3, -0.25) is 0 Å². The van der Waals surface area contributed by atoms with Crippen LogP contribution >= 0.6 is 0 Å². The maximum absolute atomic E-state index is 12.4. The van der Waals surface area contributed by atoms with Crippen molar-refractivity contribution in [1.82, 2.24) is 9.62 Å². The molecule has 1 aromatic carbocycles. The molecule has 0 saturated heterocycles. The second-order valence-electron chi connectivity index (χ2n) is 7.74. The van der Waals surface area contributed by atoms with E-state index in [4.69, 9.17) is 0 Å². The van der Waals surface area contributed by atoms with Crippen LogP contribution in [0.4, 0.5) is 10.5 Å². The Balaban J connectivity index is 1.69. The first-order valence-electron chi connectivity index (χ1n) is 9.64. The Bertz CT molecular complexity index is 827. The highest BCUT2D eigenvalue weighted by molar-refractivity contribution is 7.92. The van der Waals surface area contributed by atoms with E-state index >= 15 is 0 Å². The molecule has 0 bridgehead atoms. The Kier molecular flexibility index (Phi) is 5.91. The Morgan fingerprint density at radius 2 is 1.74 bits per heavy atom. The van der Waals surface area contributed by atoms with Gasteiger partial charge in [0.15, 0.2) is 0 Å². The monoisotopic (exact) mass is 391 g/mol. The number of benzene rings is 1. The zero-order valence-electron chi connectivity index (χ0n) is 16.3. The van der Waals surface area contributed by atoms with Gasteiger partial charge in [-0.2, -0.15) is 0 Å². The number of rotatable bonds is 6. The first-order chi connectivity index (χ1) is 12.8. The van der Waals surface area contributed by atoms with Gasteiger partial charge in [0.25, 0.3) is 10.0 Å². The molecule has 2 N–H and O–H groups in total. The summed E-state index contributed by atoms with van der Waals surface area (Å²) in [6.45, 7) is 4.56. The predicted octanol–water partition coefficient (Wildman–Crippen LogP) is 2.97. The van der Waals surface area contributed by atoms with Crippen LogP contribution in [-0.4, -0.2) is 39.0 Å². The fraction of sp³-hybridized carbons (Fsp3) is 0.550. The van der Waals surface area contributed by atoms with Crippen molar-refractivity contribution >= 4 is 21.7 Å². The average molecular weight is 392 g/mol. The fourth-order valence-electron chi connectivity index (χ4n) is 3.82. The smallest absolute Gasteiger partial charge is 0.307 e. The molecular weight excluding hydrogens is 362 g/mol. The summed E-state index contributed by atoms with van der Waals surface area (Å²) >= 11 is 0. The lowest BCUT2D eigenvalue weighted by atomic mass is 9.99. The van der Waals surface area contributed by atoms with Crippen molar-refractivity contribution in [1.29, 1.82) is 0 Å². The van der Waals surface area contributed by atoms with Gasteiger partial charge in [0.2, 0.25) is 0 Å². The Hall–Kier alpha value is -1.86. The van der Waals surface area contributed by atoms with Crippen LogP contribution in [0.2, 0.25) is 0 Å². The minimum absolute atomic E-state index is 0.316. The van der Waals surface area contributed by atoms with E-state index in [1.165, 1.54) is 22.3 Å². The second-order valence-corrected chi connectivity index (χ2v) is 9.31. The maximum atomic E-state index is 12.4. The number of hydrogen-bond donors (Lipinski definition) is 2. The third-order valence-electron chi connectivity index (χ3n) is 5.50. The van der Waals surface area contributed by atoms with Crippen LogP contribution in [0.1, 0.15) is 48.9 Å². The molecule has 7 heteroatoms. The normalized spacial score (nSPS) is 16.2. The number of nitrogens with one attached hydrogen (secondary N) is 2. The predicted molar refractivity (Wildman–Crippen MR) is 108 cm³/mol. The third kappa shape index (κ3) is 4.71. The van der Waals surface area contributed by atoms with Crippen LogP contribution < -0.4 is 10.0 Å². The standard InChI is InChI=1S/C20H29N3O3S/c1-14(2)23(3)11-6-12-27(25,26)22-20(24)21-19-17-9-4-7-15(17)13-16-8-5-10-18(16)19/h6,12-14H,4-5,7-11H2,1-3H3,(H2,21,22,24)/b12-6+. The first-order valence-corrected chi connectivity index (χ1v) is 11.2. The van der Waals surface area contributed by atoms with Gasteiger partial charge in [0.05, 0.1) is 0 Å². The lowest BCUT2D eigenvalue weighted by Gasteiger charge is -2.18. The number of sulfonamides is 1. The molecule has 0 atom stereocenters. The number of nitrogens with zero attached hydrogens (tertiary/aromatic N) is 1. The number of likely N-dealkylation sites (N-methyl/N-ethyl adjacent to an activating group) is 1. The van der Waals surface area contributed by atoms with Crippen LogP contribution in [0.15, 0.2) is 17.6 Å². The van der Waals surface area contributed by atoms with Crippen LogP contribution in [0.5, 0.6) is 0 Å². The number of anilines is 1. The Labute approximate surface area is 162 Å². The zero-order valence-corrected chi connectivity index (χ0v) is 17.2.